The molecule has 0 aromatic heterocycles. The van der Waals surface area contributed by atoms with E-state index in [2.05, 4.69) is 6.92 Å². The smallest absolute Gasteiger partial charge is 0.343 e. The van der Waals surface area contributed by atoms with Crippen LogP contribution in [0.2, 0.25) is 0 Å². The van der Waals surface area contributed by atoms with Crippen molar-refractivity contribution in [3.63, 3.8) is 0 Å². The molecule has 0 spiro atoms. The zero-order valence-electron chi connectivity index (χ0n) is 24.1. The second-order valence-corrected chi connectivity index (χ2v) is 10.2. The number of rotatable bonds is 16. The number of ether oxygens (including phenoxy) is 3. The first kappa shape index (κ1) is 31.3. The van der Waals surface area contributed by atoms with E-state index in [1.807, 2.05) is 38.1 Å². The van der Waals surface area contributed by atoms with Crippen molar-refractivity contribution in [1.29, 1.82) is 0 Å². The van der Waals surface area contributed by atoms with Crippen LogP contribution in [-0.2, 0) is 4.74 Å². The van der Waals surface area contributed by atoms with Gasteiger partial charge in [-0.05, 0) is 59.9 Å². The van der Waals surface area contributed by atoms with Gasteiger partial charge in [-0.1, -0.05) is 83.6 Å². The summed E-state index contributed by atoms with van der Waals surface area (Å²) in [5, 5.41) is 11.6. The number of hydrogen-bond donors (Lipinski definition) is 0. The summed E-state index contributed by atoms with van der Waals surface area (Å²) in [6.45, 7) is 7.04. The zero-order valence-corrected chi connectivity index (χ0v) is 24.1. The molecular weight excluding hydrogens is 522 g/mol. The Morgan fingerprint density at radius 2 is 1.41 bits per heavy atom. The maximum Gasteiger partial charge on any atom is 0.343 e. The lowest BCUT2D eigenvalue weighted by Gasteiger charge is -2.10. The molecule has 0 heterocycles. The summed E-state index contributed by atoms with van der Waals surface area (Å²) in [5.74, 6) is -0.670. The molecule has 0 saturated carbocycles. The van der Waals surface area contributed by atoms with Crippen molar-refractivity contribution in [1.82, 2.24) is 0 Å². The van der Waals surface area contributed by atoms with E-state index in [1.54, 1.807) is 24.3 Å². The molecule has 0 aliphatic heterocycles. The van der Waals surface area contributed by atoms with Crippen LogP contribution in [0.5, 0.6) is 11.5 Å². The number of nitro benzene ring substituents is 1. The van der Waals surface area contributed by atoms with Gasteiger partial charge in [-0.2, -0.15) is 0 Å². The van der Waals surface area contributed by atoms with Crippen molar-refractivity contribution < 1.29 is 28.7 Å². The quantitative estimate of drug-likeness (QED) is 0.0568. The largest absolute Gasteiger partial charge is 0.494 e. The fraction of sp³-hybridized carbons (Fsp3) is 0.394. The molecule has 0 aliphatic carbocycles. The molecule has 0 aliphatic rings. The number of nitrogens with zero attached hydrogens (tertiary/aromatic N) is 1. The molecule has 3 aromatic rings. The maximum atomic E-state index is 12.8. The molecule has 218 valence electrons. The topological polar surface area (TPSA) is 105 Å². The number of hydrogen-bond acceptors (Lipinski definition) is 7. The van der Waals surface area contributed by atoms with Crippen LogP contribution in [-0.4, -0.2) is 30.1 Å². The predicted molar refractivity (Wildman–Crippen MR) is 159 cm³/mol. The highest BCUT2D eigenvalue weighted by molar-refractivity contribution is 5.93. The van der Waals surface area contributed by atoms with Gasteiger partial charge in [0.15, 0.2) is 0 Å². The zero-order chi connectivity index (χ0) is 29.6. The van der Waals surface area contributed by atoms with Gasteiger partial charge in [0.05, 0.1) is 29.3 Å². The van der Waals surface area contributed by atoms with Gasteiger partial charge in [0, 0.05) is 6.07 Å². The third-order valence-electron chi connectivity index (χ3n) is 6.86. The van der Waals surface area contributed by atoms with Crippen LogP contribution in [0.4, 0.5) is 5.69 Å². The molecule has 0 fully saturated rings. The van der Waals surface area contributed by atoms with Crippen molar-refractivity contribution in [3.05, 3.63) is 88.0 Å². The first-order chi connectivity index (χ1) is 19.8. The average Bonchev–Trinajstić information content (AvgIpc) is 2.99. The molecule has 8 nitrogen and oxygen atoms in total. The van der Waals surface area contributed by atoms with Gasteiger partial charge in [-0.15, -0.1) is 0 Å². The first-order valence-electron chi connectivity index (χ1n) is 14.3. The van der Waals surface area contributed by atoms with Crippen LogP contribution in [0.3, 0.4) is 0 Å². The number of carbonyl (C=O) groups excluding carboxylic acids is 2. The molecule has 0 bridgehead atoms. The molecule has 3 aromatic carbocycles. The molecule has 41 heavy (non-hydrogen) atoms. The number of nitro groups is 1. The fourth-order valence-corrected chi connectivity index (χ4v) is 4.07. The van der Waals surface area contributed by atoms with E-state index in [0.29, 0.717) is 6.61 Å². The first-order valence-corrected chi connectivity index (χ1v) is 14.3. The Morgan fingerprint density at radius 1 is 0.805 bits per heavy atom. The normalized spacial score (nSPS) is 11.5. The van der Waals surface area contributed by atoms with Gasteiger partial charge in [-0.25, -0.2) is 9.59 Å². The molecule has 0 radical (unpaired) electrons. The van der Waals surface area contributed by atoms with Crippen molar-refractivity contribution in [2.24, 2.45) is 5.92 Å². The van der Waals surface area contributed by atoms with E-state index < -0.39 is 22.5 Å². The minimum atomic E-state index is -0.745. The minimum absolute atomic E-state index is 0.0167. The maximum absolute atomic E-state index is 12.8. The van der Waals surface area contributed by atoms with Crippen LogP contribution >= 0.6 is 0 Å². The predicted octanol–water partition coefficient (Wildman–Crippen LogP) is 8.42. The Kier molecular flexibility index (Phi) is 12.3. The number of benzene rings is 3. The fourth-order valence-electron chi connectivity index (χ4n) is 4.07. The van der Waals surface area contributed by atoms with Gasteiger partial charge in [0.2, 0.25) is 5.75 Å². The van der Waals surface area contributed by atoms with E-state index in [-0.39, 0.29) is 29.4 Å². The number of carbonyl (C=O) groups is 2. The Labute approximate surface area is 241 Å². The van der Waals surface area contributed by atoms with Gasteiger partial charge in [0.1, 0.15) is 5.75 Å². The number of esters is 2. The minimum Gasteiger partial charge on any atom is -0.494 e. The van der Waals surface area contributed by atoms with Crippen molar-refractivity contribution >= 4 is 17.6 Å². The van der Waals surface area contributed by atoms with Crippen LogP contribution in [0.25, 0.3) is 11.1 Å². The van der Waals surface area contributed by atoms with Crippen LogP contribution in [0, 0.1) is 16.0 Å². The average molecular weight is 562 g/mol. The number of unbranched alkanes of at least 4 members (excludes halogenated alkanes) is 5. The van der Waals surface area contributed by atoms with Crippen molar-refractivity contribution in [2.45, 2.75) is 65.7 Å². The van der Waals surface area contributed by atoms with E-state index in [9.17, 15) is 19.7 Å². The summed E-state index contributed by atoms with van der Waals surface area (Å²) in [6, 6.07) is 18.2. The summed E-state index contributed by atoms with van der Waals surface area (Å²) in [5.41, 5.74) is 1.62. The molecule has 0 amide bonds. The summed E-state index contributed by atoms with van der Waals surface area (Å²) < 4.78 is 16.4. The van der Waals surface area contributed by atoms with Gasteiger partial charge in [0.25, 0.3) is 0 Å². The second kappa shape index (κ2) is 16.2. The molecule has 0 unspecified atom stereocenters. The summed E-state index contributed by atoms with van der Waals surface area (Å²) >= 11 is 0. The van der Waals surface area contributed by atoms with Gasteiger partial charge in [-0.3, -0.25) is 10.1 Å². The molecule has 1 atom stereocenters. The third kappa shape index (κ3) is 9.74. The molecular formula is C33H39NO7. The molecule has 3 rings (SSSR count). The standard InChI is InChI=1S/C33H39NO7/c1-4-6-7-8-9-10-21-39-29-18-15-26(16-19-29)25-11-13-27(14-12-25)33(36)41-31-20-17-28(22-30(31)34(37)38)32(35)40-23-24(3)5-2/h11-20,22,24H,4-10,21,23H2,1-3H3/t24-/m1/s1. The monoisotopic (exact) mass is 561 g/mol. The summed E-state index contributed by atoms with van der Waals surface area (Å²) in [7, 11) is 0. The van der Waals surface area contributed by atoms with Crippen LogP contribution in [0.1, 0.15) is 86.4 Å². The summed E-state index contributed by atoms with van der Waals surface area (Å²) in [4.78, 5) is 36.0. The van der Waals surface area contributed by atoms with E-state index in [4.69, 9.17) is 14.2 Å². The highest BCUT2D eigenvalue weighted by Gasteiger charge is 2.22. The summed E-state index contributed by atoms with van der Waals surface area (Å²) in [6.07, 6.45) is 8.13. The second-order valence-electron chi connectivity index (χ2n) is 10.2. The van der Waals surface area contributed by atoms with E-state index in [1.165, 1.54) is 44.2 Å². The molecule has 0 saturated heterocycles. The Hall–Kier alpha value is -4.20. The van der Waals surface area contributed by atoms with E-state index in [0.717, 1.165) is 35.8 Å². The van der Waals surface area contributed by atoms with Crippen molar-refractivity contribution in [3.8, 4) is 22.6 Å². The van der Waals surface area contributed by atoms with Gasteiger partial charge < -0.3 is 14.2 Å². The lowest BCUT2D eigenvalue weighted by Crippen LogP contribution is -2.13. The van der Waals surface area contributed by atoms with Crippen molar-refractivity contribution in [2.75, 3.05) is 13.2 Å². The molecule has 8 heteroatoms. The third-order valence-corrected chi connectivity index (χ3v) is 6.86. The lowest BCUT2D eigenvalue weighted by atomic mass is 10.0. The Balaban J connectivity index is 1.58. The van der Waals surface area contributed by atoms with Crippen LogP contribution in [0.15, 0.2) is 66.7 Å². The van der Waals surface area contributed by atoms with E-state index >= 15 is 0 Å². The molecule has 0 N–H and O–H groups in total. The Bertz CT molecular complexity index is 1290. The SMILES string of the molecule is CCCCCCCCOc1ccc(-c2ccc(C(=O)Oc3ccc(C(=O)OC[C@H](C)CC)cc3[N+](=O)[O-])cc2)cc1. The van der Waals surface area contributed by atoms with Gasteiger partial charge >= 0.3 is 17.6 Å². The lowest BCUT2D eigenvalue weighted by molar-refractivity contribution is -0.385. The Morgan fingerprint density at radius 3 is 2.05 bits per heavy atom. The highest BCUT2D eigenvalue weighted by Crippen LogP contribution is 2.30. The van der Waals surface area contributed by atoms with Crippen LogP contribution < -0.4 is 9.47 Å². The highest BCUT2D eigenvalue weighted by atomic mass is 16.6.